The Labute approximate surface area is 171 Å². The number of aromatic nitrogens is 1. The largest absolute Gasteiger partial charge is 0.462 e. The zero-order valence-electron chi connectivity index (χ0n) is 16.4. The maximum absolute atomic E-state index is 12.3. The van der Waals surface area contributed by atoms with Crippen LogP contribution in [-0.2, 0) is 20.7 Å². The SMILES string of the molecule is CCOC(=O)c1c(NC(=O)COC(=O)c2c(C)nsc2NC)sc(C)c1CC. The number of amides is 1. The van der Waals surface area contributed by atoms with Gasteiger partial charge in [-0.05, 0) is 44.3 Å². The Kier molecular flexibility index (Phi) is 7.53. The highest BCUT2D eigenvalue weighted by atomic mass is 32.1. The van der Waals surface area contributed by atoms with E-state index in [0.717, 1.165) is 22.0 Å². The first-order valence-corrected chi connectivity index (χ1v) is 10.3. The minimum atomic E-state index is -0.632. The number of nitrogens with zero attached hydrogens (tertiary/aromatic N) is 1. The van der Waals surface area contributed by atoms with Gasteiger partial charge in [-0.15, -0.1) is 11.3 Å². The molecule has 0 saturated carbocycles. The number of nitrogens with one attached hydrogen (secondary N) is 2. The zero-order chi connectivity index (χ0) is 20.8. The third-order valence-electron chi connectivity index (χ3n) is 3.92. The molecule has 0 aliphatic heterocycles. The van der Waals surface area contributed by atoms with E-state index in [1.807, 2.05) is 13.8 Å². The van der Waals surface area contributed by atoms with Gasteiger partial charge in [0, 0.05) is 11.9 Å². The zero-order valence-corrected chi connectivity index (χ0v) is 18.1. The van der Waals surface area contributed by atoms with Crippen LogP contribution < -0.4 is 10.6 Å². The molecule has 2 heterocycles. The van der Waals surface area contributed by atoms with Gasteiger partial charge in [-0.25, -0.2) is 9.59 Å². The van der Waals surface area contributed by atoms with Crippen LogP contribution in [-0.4, -0.2) is 42.5 Å². The van der Waals surface area contributed by atoms with Gasteiger partial charge in [-0.1, -0.05) is 6.92 Å². The Morgan fingerprint density at radius 1 is 1.04 bits per heavy atom. The van der Waals surface area contributed by atoms with Crippen LogP contribution in [0, 0.1) is 13.8 Å². The highest BCUT2D eigenvalue weighted by molar-refractivity contribution is 7.16. The Morgan fingerprint density at radius 2 is 1.71 bits per heavy atom. The molecular formula is C18H23N3O5S2. The molecule has 0 atom stereocenters. The van der Waals surface area contributed by atoms with Crippen LogP contribution in [0.25, 0.3) is 0 Å². The number of aryl methyl sites for hydroxylation is 2. The van der Waals surface area contributed by atoms with E-state index < -0.39 is 24.5 Å². The number of ether oxygens (including phenoxy) is 2. The molecule has 0 spiro atoms. The molecule has 0 aliphatic rings. The molecule has 0 saturated heterocycles. The number of anilines is 2. The van der Waals surface area contributed by atoms with Gasteiger partial charge in [0.05, 0.1) is 17.9 Å². The average Bonchev–Trinajstić information content (AvgIpc) is 3.18. The monoisotopic (exact) mass is 425 g/mol. The van der Waals surface area contributed by atoms with Gasteiger partial charge in [0.1, 0.15) is 15.6 Å². The molecule has 2 rings (SSSR count). The second kappa shape index (κ2) is 9.65. The molecule has 2 N–H and O–H groups in total. The maximum Gasteiger partial charge on any atom is 0.343 e. The molecule has 1 amide bonds. The summed E-state index contributed by atoms with van der Waals surface area (Å²) in [5.74, 6) is -1.64. The molecule has 2 aromatic heterocycles. The number of carbonyl (C=O) groups is 3. The first-order valence-electron chi connectivity index (χ1n) is 8.74. The quantitative estimate of drug-likeness (QED) is 0.624. The van der Waals surface area contributed by atoms with Crippen LogP contribution >= 0.6 is 22.9 Å². The normalized spacial score (nSPS) is 10.5. The number of hydrogen-bond donors (Lipinski definition) is 2. The van der Waals surface area contributed by atoms with Crippen LogP contribution in [0.4, 0.5) is 10.0 Å². The van der Waals surface area contributed by atoms with E-state index in [1.165, 1.54) is 11.3 Å². The second-order valence-corrected chi connectivity index (χ2v) is 7.76. The topological polar surface area (TPSA) is 107 Å². The van der Waals surface area contributed by atoms with Gasteiger partial charge in [0.2, 0.25) is 0 Å². The average molecular weight is 426 g/mol. The van der Waals surface area contributed by atoms with Gasteiger partial charge in [0.15, 0.2) is 6.61 Å². The summed E-state index contributed by atoms with van der Waals surface area (Å²) in [5.41, 5.74) is 2.05. The highest BCUT2D eigenvalue weighted by Gasteiger charge is 2.24. The van der Waals surface area contributed by atoms with Gasteiger partial charge < -0.3 is 20.1 Å². The molecule has 0 unspecified atom stereocenters. The van der Waals surface area contributed by atoms with Crippen molar-refractivity contribution in [2.75, 3.05) is 30.9 Å². The Morgan fingerprint density at radius 3 is 2.32 bits per heavy atom. The van der Waals surface area contributed by atoms with Gasteiger partial charge in [0.25, 0.3) is 5.91 Å². The van der Waals surface area contributed by atoms with Crippen molar-refractivity contribution in [2.24, 2.45) is 0 Å². The first-order chi connectivity index (χ1) is 13.3. The molecule has 28 heavy (non-hydrogen) atoms. The lowest BCUT2D eigenvalue weighted by Crippen LogP contribution is -2.22. The van der Waals surface area contributed by atoms with E-state index in [0.29, 0.717) is 33.2 Å². The van der Waals surface area contributed by atoms with Crippen LogP contribution in [0.3, 0.4) is 0 Å². The second-order valence-electron chi connectivity index (χ2n) is 5.76. The van der Waals surface area contributed by atoms with Crippen LogP contribution in [0.15, 0.2) is 0 Å². The van der Waals surface area contributed by atoms with Crippen molar-refractivity contribution in [3.8, 4) is 0 Å². The van der Waals surface area contributed by atoms with Crippen LogP contribution in [0.5, 0.6) is 0 Å². The third-order valence-corrected chi connectivity index (χ3v) is 5.94. The first kappa shape index (κ1) is 21.8. The molecule has 8 nitrogen and oxygen atoms in total. The van der Waals surface area contributed by atoms with Crippen LogP contribution in [0.2, 0.25) is 0 Å². The molecule has 152 valence electrons. The summed E-state index contributed by atoms with van der Waals surface area (Å²) in [6.07, 6.45) is 0.637. The summed E-state index contributed by atoms with van der Waals surface area (Å²) in [4.78, 5) is 37.8. The van der Waals surface area contributed by atoms with Crippen LogP contribution in [0.1, 0.15) is 50.7 Å². The fourth-order valence-corrected chi connectivity index (χ4v) is 4.54. The number of carbonyl (C=O) groups excluding carboxylic acids is 3. The Balaban J connectivity index is 2.10. The fourth-order valence-electron chi connectivity index (χ4n) is 2.66. The van der Waals surface area contributed by atoms with E-state index in [2.05, 4.69) is 15.0 Å². The Bertz CT molecular complexity index is 888. The maximum atomic E-state index is 12.3. The molecule has 0 bridgehead atoms. The number of esters is 2. The summed E-state index contributed by atoms with van der Waals surface area (Å²) in [5, 5.41) is 6.52. The van der Waals surface area contributed by atoms with E-state index in [9.17, 15) is 14.4 Å². The molecule has 10 heteroatoms. The highest BCUT2D eigenvalue weighted by Crippen LogP contribution is 2.34. The Hall–Kier alpha value is -2.46. The summed E-state index contributed by atoms with van der Waals surface area (Å²) in [6.45, 7) is 7.00. The molecule has 0 aliphatic carbocycles. The lowest BCUT2D eigenvalue weighted by Gasteiger charge is -2.09. The molecular weight excluding hydrogens is 402 g/mol. The fraction of sp³-hybridized carbons (Fsp3) is 0.444. The molecule has 0 radical (unpaired) electrons. The van der Waals surface area contributed by atoms with Crippen molar-refractivity contribution in [2.45, 2.75) is 34.1 Å². The smallest absolute Gasteiger partial charge is 0.343 e. The minimum Gasteiger partial charge on any atom is -0.462 e. The predicted octanol–water partition coefficient (Wildman–Crippen LogP) is 3.40. The van der Waals surface area contributed by atoms with Crippen molar-refractivity contribution in [3.63, 3.8) is 0 Å². The van der Waals surface area contributed by atoms with Crippen molar-refractivity contribution in [3.05, 3.63) is 27.3 Å². The molecule has 2 aromatic rings. The van der Waals surface area contributed by atoms with E-state index in [4.69, 9.17) is 9.47 Å². The standard InChI is InChI=1S/C18H23N3O5S2/c1-6-11-10(4)27-16(14(11)18(24)25-7-2)20-12(22)8-26-17(23)13-9(3)21-28-15(13)19-5/h19H,6-8H2,1-5H3,(H,20,22). The van der Waals surface area contributed by atoms with Crippen molar-refractivity contribution in [1.82, 2.24) is 4.37 Å². The predicted molar refractivity (Wildman–Crippen MR) is 110 cm³/mol. The van der Waals surface area contributed by atoms with Crippen molar-refractivity contribution >= 4 is 50.7 Å². The van der Waals surface area contributed by atoms with E-state index in [1.54, 1.807) is 20.9 Å². The van der Waals surface area contributed by atoms with Gasteiger partial charge >= 0.3 is 11.9 Å². The van der Waals surface area contributed by atoms with Crippen molar-refractivity contribution < 1.29 is 23.9 Å². The number of thiophene rings is 1. The van der Waals surface area contributed by atoms with E-state index in [-0.39, 0.29) is 6.61 Å². The summed E-state index contributed by atoms with van der Waals surface area (Å²) in [6, 6.07) is 0. The van der Waals surface area contributed by atoms with Gasteiger partial charge in [-0.3, -0.25) is 4.79 Å². The summed E-state index contributed by atoms with van der Waals surface area (Å²) in [7, 11) is 1.68. The summed E-state index contributed by atoms with van der Waals surface area (Å²) >= 11 is 2.44. The van der Waals surface area contributed by atoms with Crippen molar-refractivity contribution in [1.29, 1.82) is 0 Å². The molecule has 0 aromatic carbocycles. The lowest BCUT2D eigenvalue weighted by atomic mass is 10.1. The lowest BCUT2D eigenvalue weighted by molar-refractivity contribution is -0.119. The minimum absolute atomic E-state index is 0.240. The third kappa shape index (κ3) is 4.68. The van der Waals surface area contributed by atoms with E-state index >= 15 is 0 Å². The number of hydrogen-bond acceptors (Lipinski definition) is 9. The molecule has 0 fully saturated rings. The summed E-state index contributed by atoms with van der Waals surface area (Å²) < 4.78 is 14.3. The number of rotatable bonds is 8. The van der Waals surface area contributed by atoms with Gasteiger partial charge in [-0.2, -0.15) is 4.37 Å².